The minimum absolute atomic E-state index is 0.183. The fourth-order valence-corrected chi connectivity index (χ4v) is 11.6. The third-order valence-corrected chi connectivity index (χ3v) is 17.5. The summed E-state index contributed by atoms with van der Waals surface area (Å²) in [7, 11) is 5.98. The van der Waals surface area contributed by atoms with E-state index >= 15 is 0 Å². The molecule has 0 bridgehead atoms. The zero-order valence-corrected chi connectivity index (χ0v) is 60.8. The van der Waals surface area contributed by atoms with Crippen LogP contribution in [-0.2, 0) is 33.3 Å². The number of hydrogen-bond donors (Lipinski definition) is 1. The van der Waals surface area contributed by atoms with E-state index in [9.17, 15) is 19.5 Å². The second-order valence-electron chi connectivity index (χ2n) is 27.7. The molecule has 2 atom stereocenters. The van der Waals surface area contributed by atoms with Crippen molar-refractivity contribution in [3.8, 4) is 0 Å². The fourth-order valence-electron chi connectivity index (χ4n) is 11.6. The van der Waals surface area contributed by atoms with E-state index in [1.165, 1.54) is 244 Å². The Kier molecular flexibility index (Phi) is 69.9. The molecule has 0 aromatic carbocycles. The lowest BCUT2D eigenvalue weighted by molar-refractivity contribution is -0.870. The fraction of sp³-hybridized carbons (Fsp3) is 0.817. The first kappa shape index (κ1) is 87.7. The number of carbonyl (C=O) groups excluding carboxylic acids is 2. The van der Waals surface area contributed by atoms with Gasteiger partial charge in [0.1, 0.15) is 13.2 Å². The number of carboxylic acids is 1. The number of hydrogen-bond acceptors (Lipinski definition) is 7. The molecule has 0 spiro atoms. The van der Waals surface area contributed by atoms with Gasteiger partial charge in [0.05, 0.1) is 34.4 Å². The van der Waals surface area contributed by atoms with Gasteiger partial charge in [-0.3, -0.25) is 9.59 Å². The Balaban J connectivity index is 3.96. The quantitative estimate of drug-likeness (QED) is 0.0211. The van der Waals surface area contributed by atoms with E-state index in [1.807, 2.05) is 21.1 Å². The van der Waals surface area contributed by atoms with E-state index in [0.717, 1.165) is 96.3 Å². The number of carboxylic acid groups (broad SMARTS) is 1. The highest BCUT2D eigenvalue weighted by Gasteiger charge is 2.25. The molecule has 0 radical (unpaired) electrons. The number of likely N-dealkylation sites (N-methyl/N-ethyl adjacent to an activating group) is 1. The van der Waals surface area contributed by atoms with Crippen LogP contribution >= 0.6 is 0 Å². The summed E-state index contributed by atoms with van der Waals surface area (Å²) in [6.45, 7) is 4.79. The normalized spacial score (nSPS) is 13.0. The van der Waals surface area contributed by atoms with Crippen LogP contribution in [-0.4, -0.2) is 87.4 Å². The van der Waals surface area contributed by atoms with Gasteiger partial charge >= 0.3 is 17.9 Å². The first-order valence-electron chi connectivity index (χ1n) is 39.1. The molecule has 0 rings (SSSR count). The number of ether oxygens (including phenoxy) is 4. The van der Waals surface area contributed by atoms with Crippen LogP contribution in [0, 0.1) is 0 Å². The zero-order chi connectivity index (χ0) is 66.1. The van der Waals surface area contributed by atoms with Crippen LogP contribution in [0.2, 0.25) is 0 Å². The summed E-state index contributed by atoms with van der Waals surface area (Å²) in [4.78, 5) is 37.7. The maximum absolute atomic E-state index is 12.9. The summed E-state index contributed by atoms with van der Waals surface area (Å²) >= 11 is 0. The van der Waals surface area contributed by atoms with E-state index in [1.54, 1.807) is 0 Å². The van der Waals surface area contributed by atoms with Crippen molar-refractivity contribution in [2.24, 2.45) is 0 Å². The van der Waals surface area contributed by atoms with Crippen LogP contribution in [0.25, 0.3) is 0 Å². The highest BCUT2D eigenvalue weighted by Crippen LogP contribution is 2.19. The number of carbonyl (C=O) groups is 3. The van der Waals surface area contributed by atoms with E-state index < -0.39 is 24.3 Å². The third-order valence-electron chi connectivity index (χ3n) is 17.5. The largest absolute Gasteiger partial charge is 0.477 e. The maximum Gasteiger partial charge on any atom is 0.361 e. The molecule has 0 saturated heterocycles. The number of unbranched alkanes of at least 4 members (excludes halogenated alkanes) is 46. The van der Waals surface area contributed by atoms with E-state index in [2.05, 4.69) is 86.8 Å². The van der Waals surface area contributed by atoms with Gasteiger partial charge in [-0.25, -0.2) is 4.79 Å². The van der Waals surface area contributed by atoms with Gasteiger partial charge in [0.15, 0.2) is 6.10 Å². The number of allylic oxidation sites excluding steroid dienone is 12. The van der Waals surface area contributed by atoms with Gasteiger partial charge in [0, 0.05) is 12.8 Å². The lowest BCUT2D eigenvalue weighted by Crippen LogP contribution is -2.40. The molecule has 0 amide bonds. The topological polar surface area (TPSA) is 108 Å². The summed E-state index contributed by atoms with van der Waals surface area (Å²) < 4.78 is 23.0. The summed E-state index contributed by atoms with van der Waals surface area (Å²) in [6, 6.07) is 0. The molecule has 0 heterocycles. The van der Waals surface area contributed by atoms with E-state index in [4.69, 9.17) is 18.9 Å². The number of esters is 2. The first-order valence-corrected chi connectivity index (χ1v) is 39.1. The smallest absolute Gasteiger partial charge is 0.361 e. The number of quaternary nitrogens is 1. The van der Waals surface area contributed by atoms with Gasteiger partial charge in [-0.2, -0.15) is 0 Å². The molecule has 91 heavy (non-hydrogen) atoms. The van der Waals surface area contributed by atoms with Crippen LogP contribution in [0.4, 0.5) is 0 Å². The molecule has 1 N–H and O–H groups in total. The average molecular weight is 1280 g/mol. The highest BCUT2D eigenvalue weighted by atomic mass is 16.7. The second-order valence-corrected chi connectivity index (χ2v) is 27.7. The maximum atomic E-state index is 12.9. The first-order chi connectivity index (χ1) is 44.6. The molecule has 0 aromatic rings. The van der Waals surface area contributed by atoms with E-state index in [0.29, 0.717) is 23.9 Å². The zero-order valence-electron chi connectivity index (χ0n) is 60.8. The van der Waals surface area contributed by atoms with Crippen LogP contribution in [0.15, 0.2) is 72.9 Å². The number of rotatable bonds is 73. The monoisotopic (exact) mass is 1280 g/mol. The average Bonchev–Trinajstić information content (AvgIpc) is 3.46. The Morgan fingerprint density at radius 1 is 0.341 bits per heavy atom. The summed E-state index contributed by atoms with van der Waals surface area (Å²) in [6.07, 6.45) is 95.0. The molecule has 530 valence electrons. The van der Waals surface area contributed by atoms with Gasteiger partial charge in [-0.15, -0.1) is 0 Å². The van der Waals surface area contributed by atoms with Crippen LogP contribution in [0.3, 0.4) is 0 Å². The van der Waals surface area contributed by atoms with Crippen molar-refractivity contribution in [2.45, 2.75) is 386 Å². The van der Waals surface area contributed by atoms with Crippen molar-refractivity contribution in [2.75, 3.05) is 47.5 Å². The van der Waals surface area contributed by atoms with Gasteiger partial charge in [0.25, 0.3) is 6.29 Å². The highest BCUT2D eigenvalue weighted by molar-refractivity contribution is 5.71. The summed E-state index contributed by atoms with van der Waals surface area (Å²) in [5, 5.41) is 9.76. The standard InChI is InChI=1S/C82H149NO8/c1-6-8-10-12-14-16-18-20-22-24-26-28-30-32-33-34-35-36-37-38-39-40-41-42-43-44-45-46-47-49-50-52-54-56-58-60-62-64-66-68-70-72-79(84)89-76-78(77-90-82(81(86)87)88-75-74-83(3,4)5)91-80(85)73-71-69-67-65-63-61-59-57-55-53-51-48-31-29-27-25-23-21-19-17-15-13-11-9-7-2/h9,11,15,17,21,23,27,29,48,51,55,57,78,82H,6-8,10,12-14,16,18-20,22,24-26,28,30-47,49-50,52-54,56,58-77H2,1-5H3/p+1/b11-9-,17-15-,23-21-,29-27-,51-48-,57-55-. The minimum Gasteiger partial charge on any atom is -0.477 e. The minimum atomic E-state index is -1.52. The molecule has 0 fully saturated rings. The third kappa shape index (κ3) is 74.0. The van der Waals surface area contributed by atoms with Gasteiger partial charge in [-0.1, -0.05) is 369 Å². The van der Waals surface area contributed by atoms with Crippen molar-refractivity contribution in [1.29, 1.82) is 0 Å². The second kappa shape index (κ2) is 72.6. The summed E-state index contributed by atoms with van der Waals surface area (Å²) in [5.74, 6) is -2.01. The summed E-state index contributed by atoms with van der Waals surface area (Å²) in [5.41, 5.74) is 0. The molecular weight excluding hydrogens is 1130 g/mol. The predicted molar refractivity (Wildman–Crippen MR) is 392 cm³/mol. The molecule has 9 nitrogen and oxygen atoms in total. The Morgan fingerprint density at radius 3 is 0.934 bits per heavy atom. The van der Waals surface area contributed by atoms with Crippen molar-refractivity contribution < 1.29 is 42.9 Å². The Hall–Kier alpha value is -3.27. The van der Waals surface area contributed by atoms with Gasteiger partial charge in [0.2, 0.25) is 0 Å². The van der Waals surface area contributed by atoms with Crippen LogP contribution in [0.5, 0.6) is 0 Å². The lowest BCUT2D eigenvalue weighted by Gasteiger charge is -2.25. The van der Waals surface area contributed by atoms with Crippen molar-refractivity contribution >= 4 is 17.9 Å². The SMILES string of the molecule is CC/C=C\C/C=C\C/C=C\C/C=C\C/C=C\C/C=C\CCCCCCCCC(=O)OC(COC(=O)CCCCCCCCCCCCCCCCCCCCCCCCCCCCCCCCCCCCCCCCCCC)COC(OCC[N+](C)(C)C)C(=O)O. The molecule has 2 unspecified atom stereocenters. The molecular formula is C82H150NO8+. The molecule has 0 aromatic heterocycles. The number of aliphatic carboxylic acids is 1. The molecule has 0 aliphatic heterocycles. The number of nitrogens with zero attached hydrogens (tertiary/aromatic N) is 1. The van der Waals surface area contributed by atoms with Crippen molar-refractivity contribution in [3.05, 3.63) is 72.9 Å². The Labute approximate surface area is 564 Å². The predicted octanol–water partition coefficient (Wildman–Crippen LogP) is 24.8. The lowest BCUT2D eigenvalue weighted by atomic mass is 10.0. The Morgan fingerprint density at radius 2 is 0.626 bits per heavy atom. The molecule has 0 saturated carbocycles. The van der Waals surface area contributed by atoms with Crippen molar-refractivity contribution in [3.63, 3.8) is 0 Å². The molecule has 0 aliphatic carbocycles. The van der Waals surface area contributed by atoms with E-state index in [-0.39, 0.29) is 32.2 Å². The Bertz CT molecular complexity index is 1730. The molecule has 0 aliphatic rings. The van der Waals surface area contributed by atoms with Gasteiger partial charge < -0.3 is 28.5 Å². The van der Waals surface area contributed by atoms with Crippen LogP contribution in [0.1, 0.15) is 373 Å². The molecule has 9 heteroatoms. The van der Waals surface area contributed by atoms with Gasteiger partial charge in [-0.05, 0) is 64.2 Å². The van der Waals surface area contributed by atoms with Crippen molar-refractivity contribution in [1.82, 2.24) is 0 Å². The van der Waals surface area contributed by atoms with Crippen LogP contribution < -0.4 is 0 Å².